The van der Waals surface area contributed by atoms with Crippen LogP contribution < -0.4 is 5.32 Å². The van der Waals surface area contributed by atoms with Gasteiger partial charge >= 0.3 is 0 Å². The molecule has 0 radical (unpaired) electrons. The Hall–Kier alpha value is -0.190. The molecule has 0 amide bonds. The van der Waals surface area contributed by atoms with Crippen molar-refractivity contribution in [3.8, 4) is 0 Å². The van der Waals surface area contributed by atoms with E-state index >= 15 is 0 Å². The van der Waals surface area contributed by atoms with Crippen molar-refractivity contribution in [3.05, 3.63) is 21.9 Å². The quantitative estimate of drug-likeness (QED) is 0.768. The Bertz CT molecular complexity index is 321. The van der Waals surface area contributed by atoms with Gasteiger partial charge in [0.15, 0.2) is 0 Å². The third kappa shape index (κ3) is 2.00. The van der Waals surface area contributed by atoms with E-state index in [4.69, 9.17) is 0 Å². The van der Waals surface area contributed by atoms with Crippen LogP contribution in [0.4, 0.5) is 0 Å². The molecule has 0 saturated carbocycles. The minimum absolute atomic E-state index is 0.328. The number of thiophene rings is 1. The zero-order chi connectivity index (χ0) is 9.26. The van der Waals surface area contributed by atoms with E-state index in [0.29, 0.717) is 6.04 Å². The molecule has 1 aliphatic heterocycles. The lowest BCUT2D eigenvalue weighted by molar-refractivity contribution is 0.577. The van der Waals surface area contributed by atoms with Crippen molar-refractivity contribution in [2.75, 3.05) is 18.1 Å². The maximum atomic E-state index is 11.4. The Balaban J connectivity index is 2.17. The smallest absolute Gasteiger partial charge is 0.0534 e. The third-order valence-electron chi connectivity index (χ3n) is 2.29. The Morgan fingerprint density at radius 2 is 2.54 bits per heavy atom. The first-order valence-electron chi connectivity index (χ1n) is 4.40. The second kappa shape index (κ2) is 3.90. The van der Waals surface area contributed by atoms with Crippen molar-refractivity contribution in [2.24, 2.45) is 0 Å². The molecule has 1 aliphatic rings. The molecular weight excluding hydrogens is 202 g/mol. The van der Waals surface area contributed by atoms with Crippen LogP contribution in [-0.2, 0) is 10.8 Å². The molecule has 0 aliphatic carbocycles. The highest BCUT2D eigenvalue weighted by atomic mass is 32.2. The molecule has 1 fully saturated rings. The Labute approximate surface area is 84.8 Å². The monoisotopic (exact) mass is 215 g/mol. The molecule has 1 N–H and O–H groups in total. The van der Waals surface area contributed by atoms with Gasteiger partial charge in [-0.2, -0.15) is 0 Å². The van der Waals surface area contributed by atoms with Crippen LogP contribution in [-0.4, -0.2) is 22.3 Å². The predicted molar refractivity (Wildman–Crippen MR) is 57.7 cm³/mol. The average molecular weight is 215 g/mol. The number of nitrogens with one attached hydrogen (secondary N) is 1. The molecule has 2 unspecified atom stereocenters. The second-order valence-corrected chi connectivity index (χ2v) is 5.85. The van der Waals surface area contributed by atoms with Gasteiger partial charge in [-0.05, 0) is 23.9 Å². The normalized spacial score (nSPS) is 29.0. The highest BCUT2D eigenvalue weighted by Crippen LogP contribution is 2.25. The first kappa shape index (κ1) is 9.37. The fraction of sp³-hybridized carbons (Fsp3) is 0.556. The first-order valence-corrected chi connectivity index (χ1v) is 6.76. The van der Waals surface area contributed by atoms with Crippen molar-refractivity contribution in [3.63, 3.8) is 0 Å². The van der Waals surface area contributed by atoms with Gasteiger partial charge in [-0.1, -0.05) is 0 Å². The van der Waals surface area contributed by atoms with E-state index in [-0.39, 0.29) is 0 Å². The van der Waals surface area contributed by atoms with Gasteiger partial charge in [-0.15, -0.1) is 11.3 Å². The van der Waals surface area contributed by atoms with Crippen LogP contribution in [0, 0.1) is 6.92 Å². The van der Waals surface area contributed by atoms with E-state index in [2.05, 4.69) is 23.7 Å². The van der Waals surface area contributed by atoms with Crippen LogP contribution in [0.5, 0.6) is 0 Å². The summed E-state index contributed by atoms with van der Waals surface area (Å²) in [5.41, 5.74) is 1.32. The molecule has 2 heterocycles. The summed E-state index contributed by atoms with van der Waals surface area (Å²) in [7, 11) is -0.619. The Morgan fingerprint density at radius 1 is 1.69 bits per heavy atom. The topological polar surface area (TPSA) is 29.1 Å². The molecule has 2 rings (SSSR count). The van der Waals surface area contributed by atoms with Crippen LogP contribution >= 0.6 is 11.3 Å². The molecule has 1 aromatic rings. The Kier molecular flexibility index (Phi) is 2.81. The first-order chi connectivity index (χ1) is 6.27. The summed E-state index contributed by atoms with van der Waals surface area (Å²) >= 11 is 1.76. The zero-order valence-corrected chi connectivity index (χ0v) is 9.21. The van der Waals surface area contributed by atoms with E-state index in [0.717, 1.165) is 18.1 Å². The van der Waals surface area contributed by atoms with Gasteiger partial charge in [-0.25, -0.2) is 0 Å². The standard InChI is InChI=1S/C9H13NOS2/c1-7-2-4-12-9(7)8-6-13(11)5-3-10-8/h2,4,8,10H,3,5-6H2,1H3. The molecule has 1 saturated heterocycles. The molecule has 13 heavy (non-hydrogen) atoms. The number of aryl methyl sites for hydroxylation is 1. The lowest BCUT2D eigenvalue weighted by Crippen LogP contribution is -2.36. The van der Waals surface area contributed by atoms with Crippen molar-refractivity contribution in [1.29, 1.82) is 0 Å². The summed E-state index contributed by atoms with van der Waals surface area (Å²) in [6, 6.07) is 2.45. The van der Waals surface area contributed by atoms with E-state index in [1.54, 1.807) is 11.3 Å². The fourth-order valence-corrected chi connectivity index (χ4v) is 3.86. The van der Waals surface area contributed by atoms with Crippen molar-refractivity contribution in [2.45, 2.75) is 13.0 Å². The van der Waals surface area contributed by atoms with Gasteiger partial charge in [0.05, 0.1) is 6.04 Å². The lowest BCUT2D eigenvalue weighted by Gasteiger charge is -2.22. The van der Waals surface area contributed by atoms with Gasteiger partial charge < -0.3 is 5.32 Å². The van der Waals surface area contributed by atoms with Crippen molar-refractivity contribution >= 4 is 22.1 Å². The highest BCUT2D eigenvalue weighted by Gasteiger charge is 2.21. The molecule has 2 atom stereocenters. The Morgan fingerprint density at radius 3 is 3.15 bits per heavy atom. The van der Waals surface area contributed by atoms with Gasteiger partial charge in [-0.3, -0.25) is 4.21 Å². The largest absolute Gasteiger partial charge is 0.308 e. The third-order valence-corrected chi connectivity index (χ3v) is 4.79. The maximum absolute atomic E-state index is 11.4. The second-order valence-electron chi connectivity index (χ2n) is 3.29. The predicted octanol–water partition coefficient (Wildman–Crippen LogP) is 1.45. The van der Waals surface area contributed by atoms with Crippen LogP contribution in [0.1, 0.15) is 16.5 Å². The van der Waals surface area contributed by atoms with Gasteiger partial charge in [0.2, 0.25) is 0 Å². The van der Waals surface area contributed by atoms with Gasteiger partial charge in [0.25, 0.3) is 0 Å². The molecule has 4 heteroatoms. The van der Waals surface area contributed by atoms with Crippen LogP contribution in [0.25, 0.3) is 0 Å². The summed E-state index contributed by atoms with van der Waals surface area (Å²) in [5, 5.41) is 5.51. The lowest BCUT2D eigenvalue weighted by atomic mass is 10.2. The zero-order valence-electron chi connectivity index (χ0n) is 7.58. The summed E-state index contributed by atoms with van der Waals surface area (Å²) in [6.45, 7) is 3.00. The average Bonchev–Trinajstić information content (AvgIpc) is 2.51. The van der Waals surface area contributed by atoms with Crippen LogP contribution in [0.2, 0.25) is 0 Å². The summed E-state index contributed by atoms with van der Waals surface area (Å²) < 4.78 is 11.4. The number of hydrogen-bond donors (Lipinski definition) is 1. The molecule has 0 aromatic carbocycles. The number of rotatable bonds is 1. The van der Waals surface area contributed by atoms with Crippen LogP contribution in [0.15, 0.2) is 11.4 Å². The summed E-state index contributed by atoms with van der Waals surface area (Å²) in [5.74, 6) is 1.59. The number of hydrogen-bond acceptors (Lipinski definition) is 3. The SMILES string of the molecule is Cc1ccsc1C1CS(=O)CCN1. The fourth-order valence-electron chi connectivity index (χ4n) is 1.58. The molecule has 72 valence electrons. The van der Waals surface area contributed by atoms with E-state index in [1.807, 2.05) is 0 Å². The minimum Gasteiger partial charge on any atom is -0.308 e. The highest BCUT2D eigenvalue weighted by molar-refractivity contribution is 7.85. The van der Waals surface area contributed by atoms with Gasteiger partial charge in [0.1, 0.15) is 0 Å². The van der Waals surface area contributed by atoms with Crippen LogP contribution in [0.3, 0.4) is 0 Å². The van der Waals surface area contributed by atoms with E-state index in [9.17, 15) is 4.21 Å². The van der Waals surface area contributed by atoms with E-state index < -0.39 is 10.8 Å². The summed E-state index contributed by atoms with van der Waals surface area (Å²) in [6.07, 6.45) is 0. The molecule has 0 spiro atoms. The maximum Gasteiger partial charge on any atom is 0.0534 e. The van der Waals surface area contributed by atoms with Crippen molar-refractivity contribution in [1.82, 2.24) is 5.32 Å². The molecule has 0 bridgehead atoms. The minimum atomic E-state index is -0.619. The summed E-state index contributed by atoms with van der Waals surface area (Å²) in [4.78, 5) is 1.35. The molecule has 2 nitrogen and oxygen atoms in total. The molecular formula is C9H13NOS2. The van der Waals surface area contributed by atoms with Crippen molar-refractivity contribution < 1.29 is 4.21 Å². The molecule has 1 aromatic heterocycles. The van der Waals surface area contributed by atoms with E-state index in [1.165, 1.54) is 10.4 Å². The van der Waals surface area contributed by atoms with Gasteiger partial charge in [0, 0.05) is 33.7 Å².